The zero-order chi connectivity index (χ0) is 16.1. The van der Waals surface area contributed by atoms with E-state index >= 15 is 0 Å². The number of anilines is 2. The minimum atomic E-state index is -0.0264. The molecule has 0 unspecified atom stereocenters. The molecule has 0 atom stereocenters. The van der Waals surface area contributed by atoms with Crippen LogP contribution in [0.3, 0.4) is 0 Å². The summed E-state index contributed by atoms with van der Waals surface area (Å²) >= 11 is 9.52. The van der Waals surface area contributed by atoms with Gasteiger partial charge in [0.2, 0.25) is 5.91 Å². The van der Waals surface area contributed by atoms with Crippen LogP contribution >= 0.6 is 27.5 Å². The number of halogens is 2. The first-order valence-corrected chi connectivity index (χ1v) is 8.19. The predicted molar refractivity (Wildman–Crippen MR) is 96.8 cm³/mol. The van der Waals surface area contributed by atoms with Crippen molar-refractivity contribution in [1.29, 1.82) is 0 Å². The standard InChI is InChI=1S/C17H18BrClN2O/c1-11-3-6-14(9-15(11)18)21-17(22)7-8-20-13-5-4-12(2)16(19)10-13/h3-6,9-10,20H,7-8H2,1-2H3,(H,21,22). The van der Waals surface area contributed by atoms with Gasteiger partial charge in [-0.25, -0.2) is 0 Å². The molecule has 0 aliphatic rings. The monoisotopic (exact) mass is 380 g/mol. The second-order valence-electron chi connectivity index (χ2n) is 5.15. The maximum absolute atomic E-state index is 11.9. The van der Waals surface area contributed by atoms with Crippen LogP contribution < -0.4 is 10.6 Å². The van der Waals surface area contributed by atoms with Gasteiger partial charge in [-0.1, -0.05) is 39.7 Å². The van der Waals surface area contributed by atoms with Crippen LogP contribution in [0.15, 0.2) is 40.9 Å². The van der Waals surface area contributed by atoms with Crippen molar-refractivity contribution < 1.29 is 4.79 Å². The van der Waals surface area contributed by atoms with Gasteiger partial charge in [0, 0.05) is 33.8 Å². The van der Waals surface area contributed by atoms with Crippen molar-refractivity contribution in [3.8, 4) is 0 Å². The van der Waals surface area contributed by atoms with E-state index in [0.717, 1.165) is 32.0 Å². The molecule has 0 saturated heterocycles. The zero-order valence-electron chi connectivity index (χ0n) is 12.5. The molecule has 0 aliphatic carbocycles. The Kier molecular flexibility index (Phi) is 5.86. The average molecular weight is 382 g/mol. The molecule has 2 aromatic rings. The number of hydrogen-bond acceptors (Lipinski definition) is 2. The van der Waals surface area contributed by atoms with Crippen LogP contribution in [0.5, 0.6) is 0 Å². The molecule has 0 fully saturated rings. The van der Waals surface area contributed by atoms with Crippen molar-refractivity contribution in [2.45, 2.75) is 20.3 Å². The minimum absolute atomic E-state index is 0.0264. The van der Waals surface area contributed by atoms with Crippen LogP contribution in [0.25, 0.3) is 0 Å². The van der Waals surface area contributed by atoms with Crippen LogP contribution in [0.1, 0.15) is 17.5 Å². The Morgan fingerprint density at radius 1 is 1.09 bits per heavy atom. The number of hydrogen-bond donors (Lipinski definition) is 2. The molecule has 3 nitrogen and oxygen atoms in total. The number of carbonyl (C=O) groups excluding carboxylic acids is 1. The van der Waals surface area contributed by atoms with Crippen molar-refractivity contribution in [2.75, 3.05) is 17.2 Å². The molecular weight excluding hydrogens is 364 g/mol. The summed E-state index contributed by atoms with van der Waals surface area (Å²) in [5.41, 5.74) is 3.88. The van der Waals surface area contributed by atoms with Gasteiger partial charge in [-0.3, -0.25) is 4.79 Å². The Balaban J connectivity index is 1.82. The molecule has 2 N–H and O–H groups in total. The third-order valence-corrected chi connectivity index (χ3v) is 4.57. The van der Waals surface area contributed by atoms with E-state index in [1.807, 2.05) is 50.2 Å². The van der Waals surface area contributed by atoms with Crippen LogP contribution in [-0.2, 0) is 4.79 Å². The van der Waals surface area contributed by atoms with Gasteiger partial charge in [-0.05, 0) is 49.2 Å². The topological polar surface area (TPSA) is 41.1 Å². The van der Waals surface area contributed by atoms with E-state index in [2.05, 4.69) is 26.6 Å². The van der Waals surface area contributed by atoms with Gasteiger partial charge in [0.1, 0.15) is 0 Å². The van der Waals surface area contributed by atoms with E-state index in [1.165, 1.54) is 0 Å². The van der Waals surface area contributed by atoms with E-state index in [1.54, 1.807) is 0 Å². The van der Waals surface area contributed by atoms with E-state index in [4.69, 9.17) is 11.6 Å². The molecule has 0 radical (unpaired) electrons. The fourth-order valence-electron chi connectivity index (χ4n) is 1.92. The van der Waals surface area contributed by atoms with Crippen LogP contribution in [0.4, 0.5) is 11.4 Å². The summed E-state index contributed by atoms with van der Waals surface area (Å²) in [7, 11) is 0. The SMILES string of the molecule is Cc1ccc(NCCC(=O)Nc2ccc(C)c(Br)c2)cc1Cl. The maximum Gasteiger partial charge on any atom is 0.226 e. The quantitative estimate of drug-likeness (QED) is 0.751. The first kappa shape index (κ1) is 16.8. The van der Waals surface area contributed by atoms with Gasteiger partial charge < -0.3 is 10.6 Å². The Labute approximate surface area is 144 Å². The summed E-state index contributed by atoms with van der Waals surface area (Å²) in [6.07, 6.45) is 0.386. The minimum Gasteiger partial charge on any atom is -0.384 e. The van der Waals surface area contributed by atoms with Gasteiger partial charge in [-0.2, -0.15) is 0 Å². The molecule has 116 valence electrons. The molecule has 2 rings (SSSR count). The smallest absolute Gasteiger partial charge is 0.226 e. The highest BCUT2D eigenvalue weighted by Gasteiger charge is 2.04. The van der Waals surface area contributed by atoms with E-state index in [0.29, 0.717) is 13.0 Å². The largest absolute Gasteiger partial charge is 0.384 e. The Hall–Kier alpha value is -1.52. The molecule has 0 bridgehead atoms. The Bertz CT molecular complexity index is 688. The molecule has 0 spiro atoms. The molecular formula is C17H18BrClN2O. The van der Waals surface area contributed by atoms with Crippen LogP contribution in [0, 0.1) is 13.8 Å². The lowest BCUT2D eigenvalue weighted by Gasteiger charge is -2.09. The summed E-state index contributed by atoms with van der Waals surface area (Å²) < 4.78 is 0.984. The van der Waals surface area contributed by atoms with Crippen molar-refractivity contribution in [3.05, 3.63) is 57.0 Å². The molecule has 0 aromatic heterocycles. The average Bonchev–Trinajstić information content (AvgIpc) is 2.47. The number of aryl methyl sites for hydroxylation is 2. The highest BCUT2D eigenvalue weighted by Crippen LogP contribution is 2.21. The Morgan fingerprint density at radius 3 is 2.45 bits per heavy atom. The van der Waals surface area contributed by atoms with Crippen molar-refractivity contribution in [3.63, 3.8) is 0 Å². The number of carbonyl (C=O) groups is 1. The Morgan fingerprint density at radius 2 is 1.77 bits per heavy atom. The third-order valence-electron chi connectivity index (χ3n) is 3.31. The van der Waals surface area contributed by atoms with E-state index in [9.17, 15) is 4.79 Å². The normalized spacial score (nSPS) is 10.4. The van der Waals surface area contributed by atoms with Crippen LogP contribution in [-0.4, -0.2) is 12.5 Å². The van der Waals surface area contributed by atoms with E-state index < -0.39 is 0 Å². The number of nitrogens with one attached hydrogen (secondary N) is 2. The molecule has 22 heavy (non-hydrogen) atoms. The second-order valence-corrected chi connectivity index (χ2v) is 6.41. The summed E-state index contributed by atoms with van der Waals surface area (Å²) in [6.45, 7) is 4.52. The van der Waals surface area contributed by atoms with Crippen molar-refractivity contribution in [1.82, 2.24) is 0 Å². The first-order chi connectivity index (χ1) is 10.5. The van der Waals surface area contributed by atoms with Crippen molar-refractivity contribution >= 4 is 44.8 Å². The molecule has 1 amide bonds. The molecule has 0 saturated carbocycles. The fraction of sp³-hybridized carbons (Fsp3) is 0.235. The van der Waals surface area contributed by atoms with Gasteiger partial charge in [-0.15, -0.1) is 0 Å². The van der Waals surface area contributed by atoms with Crippen LogP contribution in [0.2, 0.25) is 5.02 Å². The fourth-order valence-corrected chi connectivity index (χ4v) is 2.48. The summed E-state index contributed by atoms with van der Waals surface area (Å²) in [6, 6.07) is 11.5. The van der Waals surface area contributed by atoms with Gasteiger partial charge in [0.25, 0.3) is 0 Å². The highest BCUT2D eigenvalue weighted by atomic mass is 79.9. The molecule has 0 aliphatic heterocycles. The number of benzene rings is 2. The highest BCUT2D eigenvalue weighted by molar-refractivity contribution is 9.10. The lowest BCUT2D eigenvalue weighted by atomic mass is 10.2. The van der Waals surface area contributed by atoms with Gasteiger partial charge >= 0.3 is 0 Å². The lowest BCUT2D eigenvalue weighted by molar-refractivity contribution is -0.115. The number of rotatable bonds is 5. The third kappa shape index (κ3) is 4.75. The zero-order valence-corrected chi connectivity index (χ0v) is 14.9. The molecule has 2 aromatic carbocycles. The van der Waals surface area contributed by atoms with Gasteiger partial charge in [0.05, 0.1) is 0 Å². The summed E-state index contributed by atoms with van der Waals surface area (Å²) in [4.78, 5) is 11.9. The summed E-state index contributed by atoms with van der Waals surface area (Å²) in [5, 5.41) is 6.80. The van der Waals surface area contributed by atoms with Crippen molar-refractivity contribution in [2.24, 2.45) is 0 Å². The molecule has 0 heterocycles. The second kappa shape index (κ2) is 7.65. The van der Waals surface area contributed by atoms with E-state index in [-0.39, 0.29) is 5.91 Å². The lowest BCUT2D eigenvalue weighted by Crippen LogP contribution is -2.16. The molecule has 5 heteroatoms. The maximum atomic E-state index is 11.9. The first-order valence-electron chi connectivity index (χ1n) is 7.02. The number of amides is 1. The van der Waals surface area contributed by atoms with Gasteiger partial charge in [0.15, 0.2) is 0 Å². The predicted octanol–water partition coefficient (Wildman–Crippen LogP) is 5.16. The summed E-state index contributed by atoms with van der Waals surface area (Å²) in [5.74, 6) is -0.0264.